The minimum Gasteiger partial charge on any atom is -0.377 e. The van der Waals surface area contributed by atoms with Crippen molar-refractivity contribution in [1.29, 1.82) is 0 Å². The molecule has 4 bridgehead atoms. The molecule has 19 heteroatoms. The van der Waals surface area contributed by atoms with Crippen molar-refractivity contribution in [3.05, 3.63) is 48.5 Å². The Balaban J connectivity index is 0.000000239. The second-order valence-electron chi connectivity index (χ2n) is 11.2. The summed E-state index contributed by atoms with van der Waals surface area (Å²) in [6.45, 7) is 4.55. The molecule has 0 aliphatic carbocycles. The van der Waals surface area contributed by atoms with Gasteiger partial charge < -0.3 is 30.7 Å². The molecule has 4 aliphatic heterocycles. The second-order valence-corrected chi connectivity index (χ2v) is 14.7. The molecule has 6 rings (SSSR count). The van der Waals surface area contributed by atoms with Gasteiger partial charge in [0.2, 0.25) is 0 Å². The van der Waals surface area contributed by atoms with Crippen molar-refractivity contribution in [3.63, 3.8) is 0 Å². The van der Waals surface area contributed by atoms with E-state index in [0.29, 0.717) is 0 Å². The summed E-state index contributed by atoms with van der Waals surface area (Å²) >= 11 is 3.89. The van der Waals surface area contributed by atoms with Gasteiger partial charge in [-0.15, -0.1) is 20.5 Å². The van der Waals surface area contributed by atoms with Gasteiger partial charge in [0.1, 0.15) is 11.4 Å². The van der Waals surface area contributed by atoms with Crippen LogP contribution in [-0.4, -0.2) is 59.8 Å². The number of halogens is 2. The summed E-state index contributed by atoms with van der Waals surface area (Å²) in [6.07, 6.45) is 1.97. The van der Waals surface area contributed by atoms with E-state index in [4.69, 9.17) is 46.7 Å². The van der Waals surface area contributed by atoms with E-state index in [1.165, 1.54) is 11.4 Å². The fourth-order valence-corrected chi connectivity index (χ4v) is 8.27. The van der Waals surface area contributed by atoms with Gasteiger partial charge in [-0.05, 0) is 38.1 Å². The predicted octanol–water partition coefficient (Wildman–Crippen LogP) is -3.99. The van der Waals surface area contributed by atoms with Gasteiger partial charge in [0, 0.05) is 61.2 Å². The Morgan fingerprint density at radius 2 is 0.822 bits per heavy atom. The third-order valence-electron chi connectivity index (χ3n) is 7.10. The third kappa shape index (κ3) is 12.9. The maximum atomic E-state index is 8.49. The van der Waals surface area contributed by atoms with Crippen molar-refractivity contribution in [3.8, 4) is 0 Å². The van der Waals surface area contributed by atoms with Crippen LogP contribution in [0.3, 0.4) is 0 Å². The molecule has 4 heterocycles. The summed E-state index contributed by atoms with van der Waals surface area (Å²) in [5, 5.41) is 14.5. The topological polar surface area (TPSA) is 251 Å². The minimum absolute atomic E-state index is 0. The summed E-state index contributed by atoms with van der Waals surface area (Å²) < 4.78 is 79.5. The molecule has 0 aromatic heterocycles. The normalized spacial score (nSPS) is 29.2. The van der Waals surface area contributed by atoms with E-state index in [-0.39, 0.29) is 39.0 Å². The molecule has 0 spiro atoms. The number of benzene rings is 2. The fourth-order valence-electron chi connectivity index (χ4n) is 5.58. The van der Waals surface area contributed by atoms with Crippen molar-refractivity contribution in [2.45, 2.75) is 49.2 Å². The third-order valence-corrected chi connectivity index (χ3v) is 10.1. The zero-order valence-electron chi connectivity index (χ0n) is 24.8. The summed E-state index contributed by atoms with van der Waals surface area (Å²) in [5.41, 5.74) is 4.35. The molecule has 2 aromatic rings. The fraction of sp³-hybridized carbons (Fsp3) is 0.538. The van der Waals surface area contributed by atoms with E-state index in [1.807, 2.05) is 23.5 Å². The monoisotopic (exact) mass is 756 g/mol. The molecule has 4 unspecified atom stereocenters. The summed E-state index contributed by atoms with van der Waals surface area (Å²) in [7, 11) is -6.29. The first-order chi connectivity index (χ1) is 20.3. The molecule has 256 valence electrons. The van der Waals surface area contributed by atoms with Crippen molar-refractivity contribution in [1.82, 2.24) is 0 Å². The predicted molar refractivity (Wildman–Crippen MR) is 148 cm³/mol. The number of anilines is 4. The molecular weight excluding hydrogens is 722 g/mol. The maximum Gasteiger partial charge on any atom is 2.00 e. The number of para-hydroxylation sites is 4. The molecular formula is C26H36Cl2N4NiO10S2. The maximum absolute atomic E-state index is 8.49. The molecule has 2 saturated heterocycles. The summed E-state index contributed by atoms with van der Waals surface area (Å²) in [4.78, 5) is 0. The van der Waals surface area contributed by atoms with Crippen molar-refractivity contribution in [2.24, 2.45) is 0 Å². The Bertz CT molecular complexity index is 1150. The largest absolute Gasteiger partial charge is 2.00 e. The molecule has 4 aliphatic rings. The molecule has 4 atom stereocenters. The Morgan fingerprint density at radius 3 is 1.09 bits per heavy atom. The number of fused-ring (bicyclic) bond motifs is 6. The number of nitrogens with one attached hydrogen (secondary N) is 4. The molecule has 4 N–H and O–H groups in total. The molecule has 0 saturated carbocycles. The van der Waals surface area contributed by atoms with Crippen LogP contribution in [0.25, 0.3) is 0 Å². The van der Waals surface area contributed by atoms with Crippen LogP contribution in [0.1, 0.15) is 26.7 Å². The van der Waals surface area contributed by atoms with Gasteiger partial charge in [0.05, 0.1) is 22.7 Å². The first-order valence-corrected chi connectivity index (χ1v) is 17.9. The first-order valence-electron chi connectivity index (χ1n) is 13.1. The Hall–Kier alpha value is -0.986. The van der Waals surface area contributed by atoms with Crippen LogP contribution in [0.4, 0.5) is 22.7 Å². The smallest absolute Gasteiger partial charge is 0.377 e. The molecule has 14 nitrogen and oxygen atoms in total. The number of ether oxygens (including phenoxy) is 2. The van der Waals surface area contributed by atoms with E-state index in [1.54, 1.807) is 14.2 Å². The van der Waals surface area contributed by atoms with E-state index >= 15 is 0 Å². The quantitative estimate of drug-likeness (QED) is 0.213. The number of hydrogen-bond donors (Lipinski definition) is 4. The van der Waals surface area contributed by atoms with E-state index < -0.39 is 20.5 Å². The van der Waals surface area contributed by atoms with Gasteiger partial charge in [-0.3, -0.25) is 0 Å². The van der Waals surface area contributed by atoms with E-state index in [2.05, 4.69) is 83.6 Å². The van der Waals surface area contributed by atoms with Crippen LogP contribution in [0.5, 0.6) is 0 Å². The van der Waals surface area contributed by atoms with Crippen molar-refractivity contribution < 1.29 is 83.7 Å². The van der Waals surface area contributed by atoms with Crippen LogP contribution in [0.15, 0.2) is 48.5 Å². The number of thioether (sulfide) groups is 2. The zero-order valence-corrected chi connectivity index (χ0v) is 29.0. The summed E-state index contributed by atoms with van der Waals surface area (Å²) in [5.74, 6) is 4.23. The van der Waals surface area contributed by atoms with E-state index in [9.17, 15) is 0 Å². The van der Waals surface area contributed by atoms with Gasteiger partial charge in [0.25, 0.3) is 0 Å². The van der Waals surface area contributed by atoms with Crippen LogP contribution in [0, 0.1) is 20.5 Å². The van der Waals surface area contributed by atoms with Gasteiger partial charge in [-0.1, -0.05) is 24.3 Å². The molecule has 2 fully saturated rings. The van der Waals surface area contributed by atoms with Gasteiger partial charge in [-0.25, -0.2) is 37.3 Å². The number of hydrogen-bond acceptors (Lipinski definition) is 16. The summed E-state index contributed by atoms with van der Waals surface area (Å²) in [6, 6.07) is 16.7. The second kappa shape index (κ2) is 15.9. The Kier molecular flexibility index (Phi) is 14.2. The Labute approximate surface area is 285 Å². The Morgan fingerprint density at radius 1 is 0.556 bits per heavy atom. The average Bonchev–Trinajstić information content (AvgIpc) is 3.04. The molecule has 45 heavy (non-hydrogen) atoms. The number of methoxy groups -OCH3 is 2. The molecule has 0 radical (unpaired) electrons. The molecule has 0 amide bonds. The van der Waals surface area contributed by atoms with Gasteiger partial charge in [0.15, 0.2) is 0 Å². The van der Waals surface area contributed by atoms with Crippen LogP contribution in [-0.2, 0) is 26.0 Å². The van der Waals surface area contributed by atoms with Gasteiger partial charge in [-0.2, -0.15) is 23.5 Å². The van der Waals surface area contributed by atoms with Crippen molar-refractivity contribution >= 4 is 46.3 Å². The van der Waals surface area contributed by atoms with E-state index in [0.717, 1.165) is 47.2 Å². The first kappa shape index (κ1) is 40.2. The standard InChI is InChI=1S/2C13H18N2OS.2ClHO4.Ni/c2*1-12-7-13(16-2,9-17-8-12)15-11-6-4-3-5-10(11)14-12;2*2-1(3,4)5;/h2*3-6,14-15H,7-9H2,1-2H3;2*(H,2,3,4,5);/q;;;;+2/p-2. The minimum atomic E-state index is -4.94. The number of rotatable bonds is 2. The average molecular weight is 758 g/mol. The molecule has 2 aromatic carbocycles. The SMILES string of the molecule is COC12CSCC(C)(C1)Nc1ccccc1N2.COC12CSCC(C)(C1)Nc1ccccc1N2.[Ni+2].[O-][Cl+3]([O-])([O-])[O-].[O-][Cl+3]([O-])([O-])[O-]. The van der Waals surface area contributed by atoms with Crippen LogP contribution < -0.4 is 58.5 Å². The van der Waals surface area contributed by atoms with Crippen LogP contribution >= 0.6 is 23.5 Å². The van der Waals surface area contributed by atoms with Gasteiger partial charge >= 0.3 is 16.5 Å². The zero-order chi connectivity index (χ0) is 32.9. The van der Waals surface area contributed by atoms with Crippen molar-refractivity contribution in [2.75, 3.05) is 58.5 Å². The van der Waals surface area contributed by atoms with Crippen LogP contribution in [0.2, 0.25) is 0 Å².